The fourth-order valence-corrected chi connectivity index (χ4v) is 3.55. The average molecular weight is 380 g/mol. The third-order valence-electron chi connectivity index (χ3n) is 5.25. The third kappa shape index (κ3) is 3.76. The molecule has 27 heavy (non-hydrogen) atoms. The second kappa shape index (κ2) is 7.07. The highest BCUT2D eigenvalue weighted by Gasteiger charge is 2.51. The summed E-state index contributed by atoms with van der Waals surface area (Å²) in [7, 11) is 1.77. The monoisotopic (exact) mass is 380 g/mol. The van der Waals surface area contributed by atoms with Gasteiger partial charge in [0.15, 0.2) is 11.5 Å². The summed E-state index contributed by atoms with van der Waals surface area (Å²) in [5.41, 5.74) is -0.710. The van der Waals surface area contributed by atoms with Crippen molar-refractivity contribution in [2.24, 2.45) is 5.41 Å². The lowest BCUT2D eigenvalue weighted by Gasteiger charge is -2.55. The second-order valence-corrected chi connectivity index (χ2v) is 7.30. The van der Waals surface area contributed by atoms with Gasteiger partial charge in [-0.2, -0.15) is 13.2 Å². The first-order chi connectivity index (χ1) is 12.6. The van der Waals surface area contributed by atoms with Crippen molar-refractivity contribution in [3.63, 3.8) is 0 Å². The number of ether oxygens (including phenoxy) is 1. The van der Waals surface area contributed by atoms with Gasteiger partial charge in [-0.25, -0.2) is 9.97 Å². The Balaban J connectivity index is 1.98. The molecule has 0 spiro atoms. The molecule has 2 heterocycles. The summed E-state index contributed by atoms with van der Waals surface area (Å²) < 4.78 is 45.9. The summed E-state index contributed by atoms with van der Waals surface area (Å²) in [6, 6.07) is 4.31. The highest BCUT2D eigenvalue weighted by molar-refractivity contribution is 5.57. The lowest BCUT2D eigenvalue weighted by Crippen LogP contribution is -2.61. The minimum atomic E-state index is -4.56. The summed E-state index contributed by atoms with van der Waals surface area (Å²) in [6.07, 6.45) is -0.729. The Hall–Kier alpha value is -2.22. The fourth-order valence-electron chi connectivity index (χ4n) is 3.55. The van der Waals surface area contributed by atoms with Gasteiger partial charge in [0.05, 0.1) is 6.10 Å². The zero-order valence-electron chi connectivity index (χ0n) is 15.8. The molecule has 0 aliphatic heterocycles. The van der Waals surface area contributed by atoms with Gasteiger partial charge in [0.1, 0.15) is 5.82 Å². The van der Waals surface area contributed by atoms with E-state index in [1.165, 1.54) is 6.20 Å². The van der Waals surface area contributed by atoms with Crippen molar-refractivity contribution in [1.29, 1.82) is 0 Å². The Morgan fingerprint density at radius 1 is 1.30 bits per heavy atom. The summed E-state index contributed by atoms with van der Waals surface area (Å²) in [5.74, 6) is 0.252. The van der Waals surface area contributed by atoms with Crippen LogP contribution in [0.15, 0.2) is 30.6 Å². The highest BCUT2D eigenvalue weighted by atomic mass is 19.4. The number of nitrogens with zero attached hydrogens (tertiary/aromatic N) is 4. The summed E-state index contributed by atoms with van der Waals surface area (Å²) in [4.78, 5) is 13.9. The molecule has 1 aliphatic carbocycles. The van der Waals surface area contributed by atoms with E-state index < -0.39 is 11.9 Å². The number of hydrogen-bond donors (Lipinski definition) is 0. The Bertz CT molecular complexity index is 795. The summed E-state index contributed by atoms with van der Waals surface area (Å²) >= 11 is 0. The van der Waals surface area contributed by atoms with Crippen LogP contribution < -0.4 is 4.90 Å². The van der Waals surface area contributed by atoms with E-state index in [0.717, 1.165) is 12.5 Å². The third-order valence-corrected chi connectivity index (χ3v) is 5.25. The fraction of sp³-hybridized carbons (Fsp3) is 0.526. The van der Waals surface area contributed by atoms with Crippen LogP contribution in [0.25, 0.3) is 11.4 Å². The first kappa shape index (κ1) is 19.5. The van der Waals surface area contributed by atoms with E-state index in [2.05, 4.69) is 28.8 Å². The molecule has 1 saturated carbocycles. The van der Waals surface area contributed by atoms with E-state index in [4.69, 9.17) is 4.74 Å². The van der Waals surface area contributed by atoms with Crippen LogP contribution in [0.2, 0.25) is 0 Å². The van der Waals surface area contributed by atoms with Gasteiger partial charge in [0.25, 0.3) is 0 Å². The first-order valence-corrected chi connectivity index (χ1v) is 8.85. The van der Waals surface area contributed by atoms with Crippen LogP contribution in [0.1, 0.15) is 32.9 Å². The topological polar surface area (TPSA) is 51.1 Å². The SMILES string of the molecule is CCO[C@@H]1C[C@@H](N(C)c2cc(C(F)(F)F)nc(-c3cccnc3)n2)C1(C)C. The predicted molar refractivity (Wildman–Crippen MR) is 96.3 cm³/mol. The minimum Gasteiger partial charge on any atom is -0.378 e. The lowest BCUT2D eigenvalue weighted by atomic mass is 9.64. The molecule has 1 aliphatic rings. The molecule has 0 unspecified atom stereocenters. The van der Waals surface area contributed by atoms with Crippen molar-refractivity contribution in [3.05, 3.63) is 36.3 Å². The second-order valence-electron chi connectivity index (χ2n) is 7.30. The zero-order chi connectivity index (χ0) is 19.8. The van der Waals surface area contributed by atoms with E-state index in [1.54, 1.807) is 30.3 Å². The summed E-state index contributed by atoms with van der Waals surface area (Å²) in [6.45, 7) is 6.67. The largest absolute Gasteiger partial charge is 0.433 e. The molecule has 0 amide bonds. The Labute approximate surface area is 156 Å². The number of halogens is 3. The molecule has 2 aromatic rings. The van der Waals surface area contributed by atoms with Gasteiger partial charge in [-0.1, -0.05) is 13.8 Å². The quantitative estimate of drug-likeness (QED) is 0.778. The van der Waals surface area contributed by atoms with Crippen molar-refractivity contribution in [2.45, 2.75) is 45.5 Å². The lowest BCUT2D eigenvalue weighted by molar-refractivity contribution is -0.141. The molecule has 0 saturated heterocycles. The van der Waals surface area contributed by atoms with Gasteiger partial charge >= 0.3 is 6.18 Å². The molecule has 3 rings (SSSR count). The maximum absolute atomic E-state index is 13.4. The van der Waals surface area contributed by atoms with Gasteiger partial charge in [-0.15, -0.1) is 0 Å². The molecule has 0 N–H and O–H groups in total. The van der Waals surface area contributed by atoms with Crippen LogP contribution in [-0.2, 0) is 10.9 Å². The van der Waals surface area contributed by atoms with E-state index in [9.17, 15) is 13.2 Å². The highest BCUT2D eigenvalue weighted by Crippen LogP contribution is 2.46. The van der Waals surface area contributed by atoms with Crippen molar-refractivity contribution in [2.75, 3.05) is 18.6 Å². The van der Waals surface area contributed by atoms with Crippen molar-refractivity contribution >= 4 is 5.82 Å². The Kier molecular flexibility index (Phi) is 5.12. The van der Waals surface area contributed by atoms with Gasteiger partial charge in [0, 0.05) is 49.1 Å². The molecule has 0 aromatic carbocycles. The van der Waals surface area contributed by atoms with E-state index in [1.807, 2.05) is 6.92 Å². The first-order valence-electron chi connectivity index (χ1n) is 8.85. The molecule has 2 atom stereocenters. The van der Waals surface area contributed by atoms with Crippen molar-refractivity contribution in [3.8, 4) is 11.4 Å². The predicted octanol–water partition coefficient (Wildman–Crippen LogP) is 4.20. The van der Waals surface area contributed by atoms with Crippen LogP contribution in [0.4, 0.5) is 19.0 Å². The maximum Gasteiger partial charge on any atom is 0.433 e. The van der Waals surface area contributed by atoms with E-state index >= 15 is 0 Å². The molecule has 2 aromatic heterocycles. The van der Waals surface area contributed by atoms with Gasteiger partial charge in [-0.05, 0) is 25.5 Å². The van der Waals surface area contributed by atoms with Gasteiger partial charge in [-0.3, -0.25) is 4.98 Å². The number of rotatable bonds is 5. The van der Waals surface area contributed by atoms with Crippen LogP contribution in [0.3, 0.4) is 0 Å². The van der Waals surface area contributed by atoms with Crippen molar-refractivity contribution < 1.29 is 17.9 Å². The zero-order valence-corrected chi connectivity index (χ0v) is 15.8. The van der Waals surface area contributed by atoms with Crippen LogP contribution in [-0.4, -0.2) is 40.8 Å². The average Bonchev–Trinajstić information content (AvgIpc) is 2.64. The molecule has 0 radical (unpaired) electrons. The minimum absolute atomic E-state index is 0.0123. The molecule has 1 fully saturated rings. The van der Waals surface area contributed by atoms with Crippen molar-refractivity contribution in [1.82, 2.24) is 15.0 Å². The normalized spacial score (nSPS) is 21.6. The molecule has 8 heteroatoms. The standard InChI is InChI=1S/C19H23F3N4O/c1-5-27-15-10-14(18(15,2)3)26(4)16-9-13(19(20,21)22)24-17(25-16)12-7-6-8-23-11-12/h6-9,11,14-15H,5,10H2,1-4H3/t14-,15-/m1/s1. The molecular weight excluding hydrogens is 357 g/mol. The van der Waals surface area contributed by atoms with E-state index in [-0.39, 0.29) is 29.2 Å². The molecule has 146 valence electrons. The molecule has 5 nitrogen and oxygen atoms in total. The Morgan fingerprint density at radius 2 is 2.04 bits per heavy atom. The smallest absolute Gasteiger partial charge is 0.378 e. The number of pyridine rings is 1. The van der Waals surface area contributed by atoms with Gasteiger partial charge < -0.3 is 9.64 Å². The van der Waals surface area contributed by atoms with Crippen LogP contribution in [0.5, 0.6) is 0 Å². The number of anilines is 1. The molecule has 0 bridgehead atoms. The summed E-state index contributed by atoms with van der Waals surface area (Å²) in [5, 5.41) is 0. The molecular formula is C19H23F3N4O. The van der Waals surface area contributed by atoms with Crippen LogP contribution in [0, 0.1) is 5.41 Å². The Morgan fingerprint density at radius 3 is 2.59 bits per heavy atom. The van der Waals surface area contributed by atoms with Gasteiger partial charge in [0.2, 0.25) is 0 Å². The maximum atomic E-state index is 13.4. The van der Waals surface area contributed by atoms with Crippen LogP contribution >= 0.6 is 0 Å². The van der Waals surface area contributed by atoms with E-state index in [0.29, 0.717) is 12.2 Å². The number of hydrogen-bond acceptors (Lipinski definition) is 5. The number of aromatic nitrogens is 3. The number of alkyl halides is 3.